The van der Waals surface area contributed by atoms with Gasteiger partial charge in [-0.2, -0.15) is 0 Å². The molecule has 0 bridgehead atoms. The molecule has 0 spiro atoms. The van der Waals surface area contributed by atoms with E-state index in [2.05, 4.69) is 28.7 Å². The molecule has 1 amide bonds. The van der Waals surface area contributed by atoms with Crippen molar-refractivity contribution in [2.24, 2.45) is 0 Å². The second-order valence-corrected chi connectivity index (χ2v) is 5.55. The van der Waals surface area contributed by atoms with Crippen molar-refractivity contribution in [3.05, 3.63) is 45.0 Å². The molecule has 1 aliphatic heterocycles. The SMILES string of the molecule is COCC1=CCN(C(=O)c2ccc(I)cc2)CC1. The molecule has 2 rings (SSSR count). The smallest absolute Gasteiger partial charge is 0.254 e. The molecule has 96 valence electrons. The summed E-state index contributed by atoms with van der Waals surface area (Å²) in [6, 6.07) is 7.70. The van der Waals surface area contributed by atoms with Gasteiger partial charge in [-0.15, -0.1) is 0 Å². The number of carbonyl (C=O) groups excluding carboxylic acids is 1. The van der Waals surface area contributed by atoms with Gasteiger partial charge in [-0.05, 0) is 58.9 Å². The molecule has 3 nitrogen and oxygen atoms in total. The van der Waals surface area contributed by atoms with Crippen LogP contribution in [0.25, 0.3) is 0 Å². The Morgan fingerprint density at radius 3 is 2.67 bits per heavy atom. The molecule has 0 fully saturated rings. The highest BCUT2D eigenvalue weighted by Gasteiger charge is 2.18. The molecule has 1 aliphatic rings. The highest BCUT2D eigenvalue weighted by Crippen LogP contribution is 2.15. The minimum absolute atomic E-state index is 0.110. The number of methoxy groups -OCH3 is 1. The first-order valence-electron chi connectivity index (χ1n) is 5.92. The van der Waals surface area contributed by atoms with E-state index in [1.807, 2.05) is 29.2 Å². The van der Waals surface area contributed by atoms with Crippen LogP contribution >= 0.6 is 22.6 Å². The molecule has 1 aromatic rings. The largest absolute Gasteiger partial charge is 0.380 e. The van der Waals surface area contributed by atoms with Crippen LogP contribution in [0, 0.1) is 3.57 Å². The van der Waals surface area contributed by atoms with E-state index in [1.54, 1.807) is 7.11 Å². The van der Waals surface area contributed by atoms with Crippen molar-refractivity contribution in [3.63, 3.8) is 0 Å². The number of benzene rings is 1. The fourth-order valence-corrected chi connectivity index (χ4v) is 2.35. The average molecular weight is 357 g/mol. The number of hydrogen-bond acceptors (Lipinski definition) is 2. The van der Waals surface area contributed by atoms with Gasteiger partial charge in [0.15, 0.2) is 0 Å². The van der Waals surface area contributed by atoms with Gasteiger partial charge in [-0.25, -0.2) is 0 Å². The molecule has 0 saturated carbocycles. The van der Waals surface area contributed by atoms with Crippen molar-refractivity contribution in [1.82, 2.24) is 4.90 Å². The van der Waals surface area contributed by atoms with Crippen molar-refractivity contribution in [3.8, 4) is 0 Å². The molecule has 0 unspecified atom stereocenters. The molecule has 1 heterocycles. The summed E-state index contributed by atoms with van der Waals surface area (Å²) in [6.07, 6.45) is 3.00. The van der Waals surface area contributed by atoms with Crippen molar-refractivity contribution < 1.29 is 9.53 Å². The van der Waals surface area contributed by atoms with Gasteiger partial charge in [-0.3, -0.25) is 4.79 Å². The maximum atomic E-state index is 12.2. The zero-order valence-corrected chi connectivity index (χ0v) is 12.5. The van der Waals surface area contributed by atoms with Crippen molar-refractivity contribution in [1.29, 1.82) is 0 Å². The van der Waals surface area contributed by atoms with Crippen LogP contribution in [-0.4, -0.2) is 37.6 Å². The highest BCUT2D eigenvalue weighted by atomic mass is 127. The van der Waals surface area contributed by atoms with Crippen molar-refractivity contribution in [2.45, 2.75) is 6.42 Å². The third kappa shape index (κ3) is 3.32. The lowest BCUT2D eigenvalue weighted by Crippen LogP contribution is -2.35. The first-order valence-corrected chi connectivity index (χ1v) is 7.00. The summed E-state index contributed by atoms with van der Waals surface area (Å²) < 4.78 is 6.25. The summed E-state index contributed by atoms with van der Waals surface area (Å²) in [4.78, 5) is 14.1. The van der Waals surface area contributed by atoms with Crippen LogP contribution in [0.4, 0.5) is 0 Å². The van der Waals surface area contributed by atoms with Crippen LogP contribution in [-0.2, 0) is 4.74 Å². The zero-order chi connectivity index (χ0) is 13.0. The molecular weight excluding hydrogens is 341 g/mol. The topological polar surface area (TPSA) is 29.5 Å². The summed E-state index contributed by atoms with van der Waals surface area (Å²) in [5.74, 6) is 0.110. The Kier molecular flexibility index (Phi) is 4.77. The van der Waals surface area contributed by atoms with Crippen LogP contribution in [0.5, 0.6) is 0 Å². The van der Waals surface area contributed by atoms with E-state index in [0.29, 0.717) is 13.2 Å². The van der Waals surface area contributed by atoms with Crippen LogP contribution in [0.2, 0.25) is 0 Å². The molecular formula is C14H16INO2. The van der Waals surface area contributed by atoms with Gasteiger partial charge in [0, 0.05) is 29.3 Å². The van der Waals surface area contributed by atoms with Gasteiger partial charge >= 0.3 is 0 Å². The number of hydrogen-bond donors (Lipinski definition) is 0. The number of halogens is 1. The molecule has 0 aromatic heterocycles. The lowest BCUT2D eigenvalue weighted by atomic mass is 10.1. The Balaban J connectivity index is 2.01. The van der Waals surface area contributed by atoms with Gasteiger partial charge in [0.05, 0.1) is 6.61 Å². The molecule has 0 N–H and O–H groups in total. The molecule has 0 radical (unpaired) electrons. The van der Waals surface area contributed by atoms with Crippen LogP contribution < -0.4 is 0 Å². The van der Waals surface area contributed by atoms with Crippen molar-refractivity contribution >= 4 is 28.5 Å². The summed E-state index contributed by atoms with van der Waals surface area (Å²) in [5.41, 5.74) is 2.04. The summed E-state index contributed by atoms with van der Waals surface area (Å²) in [7, 11) is 1.70. The van der Waals surface area contributed by atoms with Crippen LogP contribution in [0.3, 0.4) is 0 Å². The molecule has 4 heteroatoms. The third-order valence-corrected chi connectivity index (χ3v) is 3.73. The Labute approximate surface area is 121 Å². The Hall–Kier alpha value is -0.880. The van der Waals surface area contributed by atoms with Gasteiger partial charge in [0.25, 0.3) is 5.91 Å². The minimum atomic E-state index is 0.110. The van der Waals surface area contributed by atoms with Crippen molar-refractivity contribution in [2.75, 3.05) is 26.8 Å². The van der Waals surface area contributed by atoms with Gasteiger partial charge in [0.2, 0.25) is 0 Å². The zero-order valence-electron chi connectivity index (χ0n) is 10.4. The van der Waals surface area contributed by atoms with Gasteiger partial charge in [-0.1, -0.05) is 6.08 Å². The number of carbonyl (C=O) groups is 1. The van der Waals surface area contributed by atoms with E-state index >= 15 is 0 Å². The van der Waals surface area contributed by atoms with Gasteiger partial charge in [0.1, 0.15) is 0 Å². The monoisotopic (exact) mass is 357 g/mol. The quantitative estimate of drug-likeness (QED) is 0.615. The third-order valence-electron chi connectivity index (χ3n) is 3.01. The summed E-state index contributed by atoms with van der Waals surface area (Å²) in [6.45, 7) is 2.13. The number of ether oxygens (including phenoxy) is 1. The summed E-state index contributed by atoms with van der Waals surface area (Å²) in [5, 5.41) is 0. The number of amides is 1. The molecule has 18 heavy (non-hydrogen) atoms. The van der Waals surface area contributed by atoms with Crippen LogP contribution in [0.1, 0.15) is 16.8 Å². The lowest BCUT2D eigenvalue weighted by Gasteiger charge is -2.26. The molecule has 0 saturated heterocycles. The van der Waals surface area contributed by atoms with E-state index < -0.39 is 0 Å². The van der Waals surface area contributed by atoms with Crippen LogP contribution in [0.15, 0.2) is 35.9 Å². The Bertz CT molecular complexity index is 453. The molecule has 1 aromatic carbocycles. The van der Waals surface area contributed by atoms with Gasteiger partial charge < -0.3 is 9.64 Å². The molecule has 0 atom stereocenters. The minimum Gasteiger partial charge on any atom is -0.380 e. The van der Waals surface area contributed by atoms with E-state index in [1.165, 1.54) is 5.57 Å². The highest BCUT2D eigenvalue weighted by molar-refractivity contribution is 14.1. The predicted octanol–water partition coefficient (Wildman–Crippen LogP) is 2.71. The predicted molar refractivity (Wildman–Crippen MR) is 79.6 cm³/mol. The maximum Gasteiger partial charge on any atom is 0.254 e. The lowest BCUT2D eigenvalue weighted by molar-refractivity contribution is 0.0765. The number of nitrogens with zero attached hydrogens (tertiary/aromatic N) is 1. The van der Waals surface area contributed by atoms with E-state index in [4.69, 9.17) is 4.74 Å². The fourth-order valence-electron chi connectivity index (χ4n) is 1.99. The van der Waals surface area contributed by atoms with E-state index in [9.17, 15) is 4.79 Å². The molecule has 0 aliphatic carbocycles. The normalized spacial score (nSPS) is 15.4. The van der Waals surface area contributed by atoms with E-state index in [-0.39, 0.29) is 5.91 Å². The average Bonchev–Trinajstić information content (AvgIpc) is 2.40. The Morgan fingerprint density at radius 1 is 1.39 bits per heavy atom. The second-order valence-electron chi connectivity index (χ2n) is 4.30. The standard InChI is InChI=1S/C14H16INO2/c1-18-10-11-6-8-16(9-7-11)14(17)12-2-4-13(15)5-3-12/h2-6H,7-10H2,1H3. The first-order chi connectivity index (χ1) is 8.70. The summed E-state index contributed by atoms with van der Waals surface area (Å²) >= 11 is 2.24. The maximum absolute atomic E-state index is 12.2. The first kappa shape index (κ1) is 13.5. The Morgan fingerprint density at radius 2 is 2.11 bits per heavy atom. The fraction of sp³-hybridized carbons (Fsp3) is 0.357. The second kappa shape index (κ2) is 6.33. The van der Waals surface area contributed by atoms with E-state index in [0.717, 1.165) is 22.1 Å². The number of rotatable bonds is 3.